The van der Waals surface area contributed by atoms with Crippen molar-refractivity contribution < 1.29 is 4.79 Å². The van der Waals surface area contributed by atoms with Gasteiger partial charge in [0.2, 0.25) is 0 Å². The molecule has 2 aromatic rings. The van der Waals surface area contributed by atoms with Gasteiger partial charge in [0.15, 0.2) is 0 Å². The van der Waals surface area contributed by atoms with E-state index in [0.717, 1.165) is 30.8 Å². The number of carbonyl (C=O) groups excluding carboxylic acids is 1. The van der Waals surface area contributed by atoms with E-state index in [1.165, 1.54) is 0 Å². The molecule has 0 saturated carbocycles. The highest BCUT2D eigenvalue weighted by atomic mass is 35.5. The molecule has 1 amide bonds. The number of nitrogens with zero attached hydrogens (tertiary/aromatic N) is 3. The van der Waals surface area contributed by atoms with Crippen molar-refractivity contribution in [1.29, 1.82) is 0 Å². The maximum absolute atomic E-state index is 12.6. The van der Waals surface area contributed by atoms with E-state index in [9.17, 15) is 4.79 Å². The lowest BCUT2D eigenvalue weighted by Gasteiger charge is -2.18. The zero-order chi connectivity index (χ0) is 17.7. The fourth-order valence-electron chi connectivity index (χ4n) is 2.30. The third-order valence-electron chi connectivity index (χ3n) is 3.81. The maximum atomic E-state index is 12.6. The fraction of sp³-hybridized carbons (Fsp3) is 0.389. The molecular formula is C18H23ClN4O. The molecule has 0 atom stereocenters. The van der Waals surface area contributed by atoms with Crippen molar-refractivity contribution >= 4 is 29.0 Å². The van der Waals surface area contributed by atoms with Crippen LogP contribution in [0.5, 0.6) is 0 Å². The Balaban J connectivity index is 2.23. The summed E-state index contributed by atoms with van der Waals surface area (Å²) in [5.74, 6) is 1.06. The van der Waals surface area contributed by atoms with Crippen LogP contribution < -0.4 is 10.2 Å². The van der Waals surface area contributed by atoms with Crippen LogP contribution in [-0.2, 0) is 0 Å². The Bertz CT molecular complexity index is 733. The number of benzene rings is 1. The molecule has 0 unspecified atom stereocenters. The van der Waals surface area contributed by atoms with Crippen LogP contribution in [0.15, 0.2) is 24.3 Å². The third-order valence-corrected chi connectivity index (χ3v) is 4.22. The van der Waals surface area contributed by atoms with Crippen LogP contribution in [0.4, 0.5) is 11.5 Å². The average Bonchev–Trinajstić information content (AvgIpc) is 2.56. The lowest BCUT2D eigenvalue weighted by atomic mass is 10.2. The van der Waals surface area contributed by atoms with Crippen molar-refractivity contribution in [3.63, 3.8) is 0 Å². The van der Waals surface area contributed by atoms with E-state index in [-0.39, 0.29) is 5.91 Å². The lowest BCUT2D eigenvalue weighted by Crippen LogP contribution is -2.22. The minimum Gasteiger partial charge on any atom is -0.360 e. The highest BCUT2D eigenvalue weighted by molar-refractivity contribution is 6.31. The summed E-state index contributed by atoms with van der Waals surface area (Å²) >= 11 is 6.10. The minimum absolute atomic E-state index is 0.268. The Morgan fingerprint density at radius 3 is 2.75 bits per heavy atom. The summed E-state index contributed by atoms with van der Waals surface area (Å²) in [6.07, 6.45) is 2.18. The molecule has 1 aromatic carbocycles. The molecule has 24 heavy (non-hydrogen) atoms. The number of nitrogens with one attached hydrogen (secondary N) is 1. The maximum Gasteiger partial charge on any atom is 0.274 e. The molecule has 0 aliphatic rings. The number of hydrogen-bond acceptors (Lipinski definition) is 4. The first-order valence-corrected chi connectivity index (χ1v) is 8.43. The number of halogens is 1. The fourth-order valence-corrected chi connectivity index (χ4v) is 2.48. The van der Waals surface area contributed by atoms with Gasteiger partial charge in [0.05, 0.1) is 0 Å². The summed E-state index contributed by atoms with van der Waals surface area (Å²) in [7, 11) is 1.97. The number of unbranched alkanes of at least 4 members (excludes halogenated alkanes) is 1. The average molecular weight is 347 g/mol. The summed E-state index contributed by atoms with van der Waals surface area (Å²) in [5, 5.41) is 3.49. The second-order valence-corrected chi connectivity index (χ2v) is 6.21. The van der Waals surface area contributed by atoms with Gasteiger partial charge < -0.3 is 10.2 Å². The SMILES string of the molecule is CCCCN(C)c1cc(C(=O)Nc2cccc(Cl)c2C)nc(C)n1. The second kappa shape index (κ2) is 8.11. The van der Waals surface area contributed by atoms with Gasteiger partial charge in [-0.2, -0.15) is 0 Å². The molecule has 2 rings (SSSR count). The zero-order valence-electron chi connectivity index (χ0n) is 14.6. The summed E-state index contributed by atoms with van der Waals surface area (Å²) in [4.78, 5) is 23.3. The molecule has 0 aliphatic heterocycles. The summed E-state index contributed by atoms with van der Waals surface area (Å²) in [6, 6.07) is 7.14. The van der Waals surface area contributed by atoms with E-state index in [1.807, 2.05) is 24.9 Å². The molecule has 6 heteroatoms. The van der Waals surface area contributed by atoms with E-state index < -0.39 is 0 Å². The van der Waals surface area contributed by atoms with Crippen molar-refractivity contribution in [1.82, 2.24) is 9.97 Å². The number of amides is 1. The van der Waals surface area contributed by atoms with Crippen molar-refractivity contribution in [2.45, 2.75) is 33.6 Å². The Labute approximate surface area is 148 Å². The number of carbonyl (C=O) groups is 1. The normalized spacial score (nSPS) is 10.5. The second-order valence-electron chi connectivity index (χ2n) is 5.80. The first kappa shape index (κ1) is 18.2. The Hall–Kier alpha value is -2.14. The molecule has 1 aromatic heterocycles. The highest BCUT2D eigenvalue weighted by Gasteiger charge is 2.14. The lowest BCUT2D eigenvalue weighted by molar-refractivity contribution is 0.102. The number of aryl methyl sites for hydroxylation is 1. The molecule has 0 spiro atoms. The smallest absolute Gasteiger partial charge is 0.274 e. The summed E-state index contributed by atoms with van der Waals surface area (Å²) in [6.45, 7) is 6.69. The van der Waals surface area contributed by atoms with Crippen molar-refractivity contribution in [3.05, 3.63) is 46.4 Å². The quantitative estimate of drug-likeness (QED) is 0.850. The Morgan fingerprint density at radius 1 is 1.29 bits per heavy atom. The molecule has 1 heterocycles. The Kier molecular flexibility index (Phi) is 6.15. The minimum atomic E-state index is -0.268. The summed E-state index contributed by atoms with van der Waals surface area (Å²) < 4.78 is 0. The number of rotatable bonds is 6. The molecule has 1 N–H and O–H groups in total. The first-order valence-electron chi connectivity index (χ1n) is 8.05. The van der Waals surface area contributed by atoms with Gasteiger partial charge in [0.1, 0.15) is 17.3 Å². The summed E-state index contributed by atoms with van der Waals surface area (Å²) in [5.41, 5.74) is 1.86. The van der Waals surface area contributed by atoms with Gasteiger partial charge in [0, 0.05) is 30.4 Å². The molecule has 0 saturated heterocycles. The molecule has 0 fully saturated rings. The van der Waals surface area contributed by atoms with Crippen LogP contribution in [-0.4, -0.2) is 29.5 Å². The first-order chi connectivity index (χ1) is 11.4. The number of anilines is 2. The van der Waals surface area contributed by atoms with Crippen LogP contribution in [0.25, 0.3) is 0 Å². The largest absolute Gasteiger partial charge is 0.360 e. The molecule has 0 radical (unpaired) electrons. The van der Waals surface area contributed by atoms with Gasteiger partial charge in [-0.3, -0.25) is 4.79 Å². The van der Waals surface area contributed by atoms with Gasteiger partial charge in [-0.1, -0.05) is 31.0 Å². The van der Waals surface area contributed by atoms with Gasteiger partial charge in [-0.05, 0) is 38.0 Å². The standard InChI is InChI=1S/C18H23ClN4O/c1-5-6-10-23(4)17-11-16(20-13(3)21-17)18(24)22-15-9-7-8-14(19)12(15)2/h7-9,11H,5-6,10H2,1-4H3,(H,22,24). The molecular weight excluding hydrogens is 324 g/mol. The van der Waals surface area contributed by atoms with Crippen molar-refractivity contribution in [2.75, 3.05) is 23.8 Å². The van der Waals surface area contributed by atoms with E-state index in [1.54, 1.807) is 25.1 Å². The van der Waals surface area contributed by atoms with E-state index >= 15 is 0 Å². The van der Waals surface area contributed by atoms with Crippen molar-refractivity contribution in [3.8, 4) is 0 Å². The zero-order valence-corrected chi connectivity index (χ0v) is 15.3. The monoisotopic (exact) mass is 346 g/mol. The van der Waals surface area contributed by atoms with Crippen LogP contribution in [0.1, 0.15) is 41.6 Å². The predicted molar refractivity (Wildman–Crippen MR) is 99.1 cm³/mol. The van der Waals surface area contributed by atoms with Gasteiger partial charge in [0.25, 0.3) is 5.91 Å². The van der Waals surface area contributed by atoms with E-state index in [0.29, 0.717) is 22.2 Å². The van der Waals surface area contributed by atoms with Crippen LogP contribution in [0, 0.1) is 13.8 Å². The molecule has 0 aliphatic carbocycles. The molecule has 0 bridgehead atoms. The van der Waals surface area contributed by atoms with Gasteiger partial charge >= 0.3 is 0 Å². The van der Waals surface area contributed by atoms with E-state index in [2.05, 4.69) is 22.2 Å². The van der Waals surface area contributed by atoms with Gasteiger partial charge in [-0.15, -0.1) is 0 Å². The highest BCUT2D eigenvalue weighted by Crippen LogP contribution is 2.23. The third kappa shape index (κ3) is 4.45. The van der Waals surface area contributed by atoms with Crippen molar-refractivity contribution in [2.24, 2.45) is 0 Å². The Morgan fingerprint density at radius 2 is 2.04 bits per heavy atom. The predicted octanol–water partition coefficient (Wildman–Crippen LogP) is 4.24. The van der Waals surface area contributed by atoms with Crippen LogP contribution in [0.3, 0.4) is 0 Å². The van der Waals surface area contributed by atoms with Gasteiger partial charge in [-0.25, -0.2) is 9.97 Å². The molecule has 128 valence electrons. The van der Waals surface area contributed by atoms with Crippen LogP contribution in [0.2, 0.25) is 5.02 Å². The van der Waals surface area contributed by atoms with E-state index in [4.69, 9.17) is 11.6 Å². The molecule has 5 nitrogen and oxygen atoms in total. The van der Waals surface area contributed by atoms with Crippen LogP contribution >= 0.6 is 11.6 Å². The number of hydrogen-bond donors (Lipinski definition) is 1. The number of aromatic nitrogens is 2. The topological polar surface area (TPSA) is 58.1 Å².